The highest BCUT2D eigenvalue weighted by molar-refractivity contribution is 7.23. The minimum atomic E-state index is -0.807. The zero-order valence-electron chi connectivity index (χ0n) is 23.5. The van der Waals surface area contributed by atoms with E-state index in [1.807, 2.05) is 27.0 Å². The quantitative estimate of drug-likeness (QED) is 0.210. The summed E-state index contributed by atoms with van der Waals surface area (Å²) in [5.74, 6) is -1.38. The van der Waals surface area contributed by atoms with Gasteiger partial charge in [-0.15, -0.1) is 22.9 Å². The van der Waals surface area contributed by atoms with Gasteiger partial charge in [-0.1, -0.05) is 31.5 Å². The van der Waals surface area contributed by atoms with Gasteiger partial charge in [-0.2, -0.15) is 5.26 Å². The van der Waals surface area contributed by atoms with Gasteiger partial charge in [0, 0.05) is 56.0 Å². The Bertz CT molecular complexity index is 1400. The smallest absolute Gasteiger partial charge is 0.153 e. The normalized spacial score (nSPS) is 15.2. The first kappa shape index (κ1) is 34.4. The summed E-state index contributed by atoms with van der Waals surface area (Å²) in [5, 5.41) is 9.73. The van der Waals surface area contributed by atoms with E-state index in [-0.39, 0.29) is 60.8 Å². The van der Waals surface area contributed by atoms with Gasteiger partial charge < -0.3 is 25.1 Å². The van der Waals surface area contributed by atoms with E-state index >= 15 is 4.39 Å². The minimum absolute atomic E-state index is 0.0172. The molecule has 0 aliphatic carbocycles. The van der Waals surface area contributed by atoms with Crippen LogP contribution < -0.4 is 10.5 Å². The van der Waals surface area contributed by atoms with Crippen molar-refractivity contribution in [3.63, 3.8) is 0 Å². The maximum Gasteiger partial charge on any atom is 0.153 e. The third-order valence-electron chi connectivity index (χ3n) is 6.65. The molecule has 222 valence electrons. The van der Waals surface area contributed by atoms with Gasteiger partial charge in [0.25, 0.3) is 0 Å². The number of carbonyl (C=O) groups is 2. The number of ether oxygens (including phenoxy) is 1. The Hall–Kier alpha value is -2.81. The molecule has 1 aliphatic heterocycles. The fraction of sp³-hybridized carbons (Fsp3) is 0.414. The predicted molar refractivity (Wildman–Crippen MR) is 163 cm³/mol. The molecular weight excluding hydrogens is 593 g/mol. The van der Waals surface area contributed by atoms with Crippen LogP contribution in [0.3, 0.4) is 0 Å². The van der Waals surface area contributed by atoms with Crippen LogP contribution in [0.5, 0.6) is 5.75 Å². The maximum absolute atomic E-state index is 15.3. The molecule has 0 radical (unpaired) electrons. The summed E-state index contributed by atoms with van der Waals surface area (Å²) in [4.78, 5) is 26.9. The van der Waals surface area contributed by atoms with Gasteiger partial charge in [0.05, 0.1) is 27.5 Å². The molecule has 0 amide bonds. The zero-order valence-corrected chi connectivity index (χ0v) is 25.8. The first-order valence-corrected chi connectivity index (χ1v) is 15.0. The number of nitrogens with zero attached hydrogens (tertiary/aromatic N) is 3. The topological polar surface area (TPSA) is 99.7 Å². The monoisotopic (exact) mass is 626 g/mol. The summed E-state index contributed by atoms with van der Waals surface area (Å²) < 4.78 is 35.9. The number of carbonyl (C=O) groups excluding carboxylic acids is 2. The number of nitrogen functional groups attached to an aromatic ring is 1. The number of aldehydes is 2. The summed E-state index contributed by atoms with van der Waals surface area (Å²) in [6.07, 6.45) is 3.93. The lowest BCUT2D eigenvalue weighted by Crippen LogP contribution is -2.52. The standard InChI is InChI=1S/C26H25ClF2N4O3S.C2H6.CH3Cl/c1-32-7-8-33(6-2-9-34)13-16(32)5-10-36-24-15(14-35)11-20(29)22(23(24)27)17-3-4-19(28)25-21(17)18(12-30)26(31)37-25;2*1-2/h3-4,9,11,14,16H,2,5-8,10,13,31H2,1H3;1-2H3;1H3/t16-;;/m0../s1. The fourth-order valence-corrected chi connectivity index (χ4v) is 5.97. The van der Waals surface area contributed by atoms with Crippen molar-refractivity contribution in [2.24, 2.45) is 0 Å². The molecule has 0 saturated carbocycles. The van der Waals surface area contributed by atoms with Crippen molar-refractivity contribution in [1.29, 1.82) is 5.26 Å². The Morgan fingerprint density at radius 3 is 2.56 bits per heavy atom. The average Bonchev–Trinajstić information content (AvgIpc) is 3.34. The van der Waals surface area contributed by atoms with E-state index in [9.17, 15) is 19.2 Å². The Kier molecular flexibility index (Phi) is 13.9. The van der Waals surface area contributed by atoms with Crippen molar-refractivity contribution in [1.82, 2.24) is 9.80 Å². The molecule has 2 N–H and O–H groups in total. The Labute approximate surface area is 253 Å². The SMILES string of the molecule is CC.CCl.CN1CCN(CCC=O)C[C@@H]1CCOc1c(C=O)cc(F)c(-c2ccc(F)c3sc(N)c(C#N)c23)c1Cl. The molecule has 1 fully saturated rings. The second kappa shape index (κ2) is 16.6. The highest BCUT2D eigenvalue weighted by atomic mass is 35.5. The summed E-state index contributed by atoms with van der Waals surface area (Å²) in [7, 11) is 2.01. The number of rotatable bonds is 9. The average molecular weight is 628 g/mol. The molecule has 1 aromatic heterocycles. The minimum Gasteiger partial charge on any atom is -0.491 e. The Morgan fingerprint density at radius 2 is 1.93 bits per heavy atom. The van der Waals surface area contributed by atoms with Gasteiger partial charge in [-0.25, -0.2) is 8.78 Å². The molecule has 0 spiro atoms. The molecule has 41 heavy (non-hydrogen) atoms. The second-order valence-electron chi connectivity index (χ2n) is 8.86. The number of nitrogens with two attached hydrogens (primary N) is 1. The van der Waals surface area contributed by atoms with E-state index < -0.39 is 11.6 Å². The summed E-state index contributed by atoms with van der Waals surface area (Å²) in [5.41, 5.74) is 5.98. The van der Waals surface area contributed by atoms with Gasteiger partial charge >= 0.3 is 0 Å². The number of likely N-dealkylation sites (N-methyl/N-ethyl adjacent to an activating group) is 1. The first-order chi connectivity index (χ1) is 19.8. The largest absolute Gasteiger partial charge is 0.491 e. The van der Waals surface area contributed by atoms with Crippen LogP contribution in [0.15, 0.2) is 18.2 Å². The van der Waals surface area contributed by atoms with E-state index in [4.69, 9.17) is 22.1 Å². The highest BCUT2D eigenvalue weighted by Gasteiger charge is 2.27. The van der Waals surface area contributed by atoms with Gasteiger partial charge in [-0.3, -0.25) is 4.79 Å². The van der Waals surface area contributed by atoms with Crippen molar-refractivity contribution >= 4 is 62.2 Å². The number of nitriles is 1. The predicted octanol–water partition coefficient (Wildman–Crippen LogP) is 6.62. The molecule has 2 heterocycles. The number of piperazine rings is 1. The number of benzene rings is 2. The van der Waals surface area contributed by atoms with Crippen molar-refractivity contribution in [2.75, 3.05) is 52.0 Å². The van der Waals surface area contributed by atoms with Gasteiger partial charge in [0.1, 0.15) is 34.7 Å². The molecule has 0 bridgehead atoms. The maximum atomic E-state index is 15.3. The van der Waals surface area contributed by atoms with Crippen LogP contribution in [-0.4, -0.2) is 74.6 Å². The van der Waals surface area contributed by atoms with E-state index in [1.165, 1.54) is 12.4 Å². The van der Waals surface area contributed by atoms with Crippen LogP contribution >= 0.6 is 34.5 Å². The van der Waals surface area contributed by atoms with Crippen LogP contribution in [0, 0.1) is 23.0 Å². The number of anilines is 1. The molecule has 1 saturated heterocycles. The summed E-state index contributed by atoms with van der Waals surface area (Å²) in [6, 6.07) is 5.64. The van der Waals surface area contributed by atoms with Gasteiger partial charge in [0.15, 0.2) is 6.29 Å². The molecule has 1 aliphatic rings. The van der Waals surface area contributed by atoms with Crippen LogP contribution in [-0.2, 0) is 4.79 Å². The van der Waals surface area contributed by atoms with Crippen LogP contribution in [0.1, 0.15) is 42.6 Å². The third kappa shape index (κ3) is 7.73. The lowest BCUT2D eigenvalue weighted by atomic mass is 9.97. The van der Waals surface area contributed by atoms with E-state index in [0.29, 0.717) is 25.7 Å². The molecule has 4 rings (SSSR count). The first-order valence-electron chi connectivity index (χ1n) is 13.1. The number of fused-ring (bicyclic) bond motifs is 1. The molecule has 1 atom stereocenters. The summed E-state index contributed by atoms with van der Waals surface area (Å²) in [6.45, 7) is 7.38. The molecule has 7 nitrogen and oxygen atoms in total. The molecular formula is C29H34Cl2F2N4O3S. The zero-order chi connectivity index (χ0) is 30.7. The van der Waals surface area contributed by atoms with Crippen LogP contribution in [0.2, 0.25) is 5.02 Å². The van der Waals surface area contributed by atoms with E-state index in [0.717, 1.165) is 49.4 Å². The number of hydrogen-bond donors (Lipinski definition) is 1. The number of thiophene rings is 1. The second-order valence-corrected chi connectivity index (χ2v) is 10.3. The van der Waals surface area contributed by atoms with Crippen molar-refractivity contribution < 1.29 is 23.1 Å². The van der Waals surface area contributed by atoms with Crippen molar-refractivity contribution in [3.8, 4) is 22.9 Å². The van der Waals surface area contributed by atoms with Gasteiger partial charge in [-0.05, 0) is 31.2 Å². The lowest BCUT2D eigenvalue weighted by molar-refractivity contribution is -0.108. The third-order valence-corrected chi connectivity index (χ3v) is 8.04. The number of halogens is 4. The van der Waals surface area contributed by atoms with Crippen LogP contribution in [0.4, 0.5) is 13.8 Å². The van der Waals surface area contributed by atoms with Crippen molar-refractivity contribution in [3.05, 3.63) is 46.0 Å². The van der Waals surface area contributed by atoms with E-state index in [1.54, 1.807) is 0 Å². The fourth-order valence-electron chi connectivity index (χ4n) is 4.67. The molecule has 12 heteroatoms. The number of hydrogen-bond acceptors (Lipinski definition) is 8. The number of alkyl halides is 1. The van der Waals surface area contributed by atoms with Crippen molar-refractivity contribution in [2.45, 2.75) is 32.7 Å². The molecule has 3 aromatic rings. The lowest BCUT2D eigenvalue weighted by Gasteiger charge is -2.39. The Balaban J connectivity index is 0.00000141. The summed E-state index contributed by atoms with van der Waals surface area (Å²) >= 11 is 12.2. The highest BCUT2D eigenvalue weighted by Crippen LogP contribution is 2.46. The van der Waals surface area contributed by atoms with Crippen LogP contribution in [0.25, 0.3) is 21.2 Å². The van der Waals surface area contributed by atoms with E-state index in [2.05, 4.69) is 21.4 Å². The van der Waals surface area contributed by atoms with Gasteiger partial charge in [0.2, 0.25) is 0 Å². The molecule has 2 aromatic carbocycles. The Morgan fingerprint density at radius 1 is 1.22 bits per heavy atom. The molecule has 0 unspecified atom stereocenters.